The van der Waals surface area contributed by atoms with Crippen LogP contribution in [0.25, 0.3) is 0 Å². The number of hydrogen-bond acceptors (Lipinski definition) is 4. The summed E-state index contributed by atoms with van der Waals surface area (Å²) in [5, 5.41) is 8.43. The fourth-order valence-corrected chi connectivity index (χ4v) is 3.41. The molecule has 2 aliphatic rings. The first kappa shape index (κ1) is 14.2. The highest BCUT2D eigenvalue weighted by atomic mass is 16.5. The molecule has 0 saturated heterocycles. The maximum Gasteiger partial charge on any atom is 0.229 e. The first-order chi connectivity index (χ1) is 11.3. The number of fused-ring (bicyclic) bond motifs is 2. The molecule has 1 aromatic carbocycles. The smallest absolute Gasteiger partial charge is 0.229 e. The van der Waals surface area contributed by atoms with E-state index in [4.69, 9.17) is 4.74 Å². The Hall–Kier alpha value is -2.37. The molecule has 2 aromatic rings. The lowest BCUT2D eigenvalue weighted by Crippen LogP contribution is -2.44. The Bertz CT molecular complexity index is 740. The van der Waals surface area contributed by atoms with Gasteiger partial charge < -0.3 is 14.2 Å². The number of aromatic nitrogens is 3. The van der Waals surface area contributed by atoms with Gasteiger partial charge in [-0.25, -0.2) is 0 Å². The van der Waals surface area contributed by atoms with Crippen LogP contribution in [0.3, 0.4) is 0 Å². The predicted octanol–water partition coefficient (Wildman–Crippen LogP) is 1.43. The monoisotopic (exact) mass is 312 g/mol. The van der Waals surface area contributed by atoms with E-state index in [1.54, 1.807) is 0 Å². The number of benzene rings is 1. The van der Waals surface area contributed by atoms with Crippen molar-refractivity contribution in [2.24, 2.45) is 5.92 Å². The van der Waals surface area contributed by atoms with E-state index in [0.717, 1.165) is 48.9 Å². The highest BCUT2D eigenvalue weighted by Crippen LogP contribution is 2.28. The molecule has 1 amide bonds. The fraction of sp³-hybridized carbons (Fsp3) is 0.471. The normalized spacial score (nSPS) is 19.7. The summed E-state index contributed by atoms with van der Waals surface area (Å²) in [6.07, 6.45) is 1.62. The minimum absolute atomic E-state index is 0.106. The predicted molar refractivity (Wildman–Crippen MR) is 83.9 cm³/mol. The van der Waals surface area contributed by atoms with E-state index < -0.39 is 0 Å². The molecule has 0 bridgehead atoms. The van der Waals surface area contributed by atoms with Gasteiger partial charge in [0.2, 0.25) is 5.91 Å². The molecule has 6 heteroatoms. The molecule has 120 valence electrons. The maximum absolute atomic E-state index is 12.8. The molecule has 0 spiro atoms. The second-order valence-corrected chi connectivity index (χ2v) is 6.12. The Kier molecular flexibility index (Phi) is 3.52. The molecule has 2 aliphatic heterocycles. The van der Waals surface area contributed by atoms with Gasteiger partial charge in [-0.1, -0.05) is 25.1 Å². The molecule has 1 atom stereocenters. The number of amides is 1. The quantitative estimate of drug-likeness (QED) is 0.842. The summed E-state index contributed by atoms with van der Waals surface area (Å²) < 4.78 is 7.89. The highest BCUT2D eigenvalue weighted by Gasteiger charge is 2.32. The van der Waals surface area contributed by atoms with Crippen LogP contribution < -0.4 is 4.74 Å². The van der Waals surface area contributed by atoms with Crippen molar-refractivity contribution < 1.29 is 9.53 Å². The van der Waals surface area contributed by atoms with Gasteiger partial charge in [0.05, 0.1) is 12.5 Å². The van der Waals surface area contributed by atoms with Crippen LogP contribution in [0.1, 0.15) is 24.1 Å². The van der Waals surface area contributed by atoms with Crippen LogP contribution in [0.5, 0.6) is 5.75 Å². The van der Waals surface area contributed by atoms with E-state index in [9.17, 15) is 4.79 Å². The lowest BCUT2D eigenvalue weighted by Gasteiger charge is -2.32. The van der Waals surface area contributed by atoms with Gasteiger partial charge in [-0.15, -0.1) is 10.2 Å². The summed E-state index contributed by atoms with van der Waals surface area (Å²) in [5.74, 6) is 2.85. The zero-order valence-corrected chi connectivity index (χ0v) is 13.2. The van der Waals surface area contributed by atoms with E-state index in [0.29, 0.717) is 13.2 Å². The van der Waals surface area contributed by atoms with Gasteiger partial charge in [-0.3, -0.25) is 4.79 Å². The second-order valence-electron chi connectivity index (χ2n) is 6.12. The molecule has 0 fully saturated rings. The second kappa shape index (κ2) is 5.68. The largest absolute Gasteiger partial charge is 0.492 e. The van der Waals surface area contributed by atoms with E-state index in [2.05, 4.69) is 21.7 Å². The zero-order valence-electron chi connectivity index (χ0n) is 13.2. The van der Waals surface area contributed by atoms with Crippen LogP contribution in [0, 0.1) is 5.92 Å². The number of carbonyl (C=O) groups excluding carboxylic acids is 1. The molecule has 0 radical (unpaired) electrons. The summed E-state index contributed by atoms with van der Waals surface area (Å²) in [6, 6.07) is 7.95. The Morgan fingerprint density at radius 1 is 1.30 bits per heavy atom. The molecular weight excluding hydrogens is 292 g/mol. The van der Waals surface area contributed by atoms with Gasteiger partial charge in [0.25, 0.3) is 0 Å². The van der Waals surface area contributed by atoms with Crippen molar-refractivity contribution in [3.05, 3.63) is 41.5 Å². The fourth-order valence-electron chi connectivity index (χ4n) is 3.41. The molecule has 1 aromatic heterocycles. The van der Waals surface area contributed by atoms with Gasteiger partial charge in [0, 0.05) is 19.5 Å². The third-order valence-corrected chi connectivity index (χ3v) is 4.69. The van der Waals surface area contributed by atoms with E-state index in [1.807, 2.05) is 29.2 Å². The Morgan fingerprint density at radius 2 is 2.17 bits per heavy atom. The van der Waals surface area contributed by atoms with E-state index in [1.165, 1.54) is 0 Å². The standard InChI is InChI=1S/C17H20N4O2/c1-2-15-18-19-16-10-20(7-8-21(15)16)17(22)13-9-12-5-3-4-6-14(12)23-11-13/h3-6,13H,2,7-11H2,1H3/t13-/m1/s1. The maximum atomic E-state index is 12.8. The average molecular weight is 312 g/mol. The van der Waals surface area contributed by atoms with Crippen molar-refractivity contribution in [2.75, 3.05) is 13.2 Å². The van der Waals surface area contributed by atoms with Crippen molar-refractivity contribution in [1.82, 2.24) is 19.7 Å². The molecule has 4 rings (SSSR count). The van der Waals surface area contributed by atoms with Gasteiger partial charge >= 0.3 is 0 Å². The van der Waals surface area contributed by atoms with E-state index in [-0.39, 0.29) is 11.8 Å². The number of carbonyl (C=O) groups is 1. The summed E-state index contributed by atoms with van der Waals surface area (Å²) in [7, 11) is 0. The van der Waals surface area contributed by atoms with Crippen LogP contribution in [-0.2, 0) is 30.7 Å². The van der Waals surface area contributed by atoms with Crippen LogP contribution >= 0.6 is 0 Å². The highest BCUT2D eigenvalue weighted by molar-refractivity contribution is 5.79. The minimum atomic E-state index is -0.106. The Labute approximate surface area is 135 Å². The van der Waals surface area contributed by atoms with Crippen molar-refractivity contribution in [3.8, 4) is 5.75 Å². The molecule has 0 unspecified atom stereocenters. The third kappa shape index (κ3) is 2.48. The van der Waals surface area contributed by atoms with Crippen LogP contribution in [0.15, 0.2) is 24.3 Å². The molecule has 3 heterocycles. The number of para-hydroxylation sites is 1. The summed E-state index contributed by atoms with van der Waals surface area (Å²) in [4.78, 5) is 14.7. The summed E-state index contributed by atoms with van der Waals surface area (Å²) in [5.41, 5.74) is 1.12. The van der Waals surface area contributed by atoms with Crippen molar-refractivity contribution in [3.63, 3.8) is 0 Å². The van der Waals surface area contributed by atoms with Crippen LogP contribution in [-0.4, -0.2) is 38.7 Å². The first-order valence-corrected chi connectivity index (χ1v) is 8.16. The average Bonchev–Trinajstić information content (AvgIpc) is 3.03. The topological polar surface area (TPSA) is 60.2 Å². The van der Waals surface area contributed by atoms with Crippen LogP contribution in [0.4, 0.5) is 0 Å². The van der Waals surface area contributed by atoms with Gasteiger partial charge in [-0.05, 0) is 18.1 Å². The van der Waals surface area contributed by atoms with Gasteiger partial charge in [-0.2, -0.15) is 0 Å². The zero-order chi connectivity index (χ0) is 15.8. The molecule has 0 saturated carbocycles. The lowest BCUT2D eigenvalue weighted by molar-refractivity contribution is -0.138. The summed E-state index contributed by atoms with van der Waals surface area (Å²) in [6.45, 7) is 4.57. The number of aryl methyl sites for hydroxylation is 1. The Balaban J connectivity index is 1.48. The molecule has 6 nitrogen and oxygen atoms in total. The first-order valence-electron chi connectivity index (χ1n) is 8.16. The van der Waals surface area contributed by atoms with Crippen molar-refractivity contribution in [2.45, 2.75) is 32.9 Å². The van der Waals surface area contributed by atoms with Crippen molar-refractivity contribution >= 4 is 5.91 Å². The SMILES string of the molecule is CCc1nnc2n1CCN(C(=O)[C@H]1COc3ccccc3C1)C2. The molecule has 23 heavy (non-hydrogen) atoms. The summed E-state index contributed by atoms with van der Waals surface area (Å²) >= 11 is 0. The molecule has 0 N–H and O–H groups in total. The number of nitrogens with zero attached hydrogens (tertiary/aromatic N) is 4. The number of ether oxygens (including phenoxy) is 1. The minimum Gasteiger partial charge on any atom is -0.492 e. The van der Waals surface area contributed by atoms with E-state index >= 15 is 0 Å². The van der Waals surface area contributed by atoms with Gasteiger partial charge in [0.15, 0.2) is 5.82 Å². The lowest BCUT2D eigenvalue weighted by atomic mass is 9.95. The molecule has 0 aliphatic carbocycles. The van der Waals surface area contributed by atoms with Crippen molar-refractivity contribution in [1.29, 1.82) is 0 Å². The number of hydrogen-bond donors (Lipinski definition) is 0. The Morgan fingerprint density at radius 3 is 3.04 bits per heavy atom. The third-order valence-electron chi connectivity index (χ3n) is 4.69. The van der Waals surface area contributed by atoms with Gasteiger partial charge in [0.1, 0.15) is 18.2 Å². The van der Waals surface area contributed by atoms with Crippen LogP contribution in [0.2, 0.25) is 0 Å². The molecular formula is C17H20N4O2. The number of rotatable bonds is 2.